The van der Waals surface area contributed by atoms with Gasteiger partial charge >= 0.3 is 0 Å². The van der Waals surface area contributed by atoms with E-state index in [1.54, 1.807) is 6.07 Å². The SMILES string of the molecule is CC(C)(C)C1CCC(N)(Cc2cc(Br)ccc2F)CC1. The molecule has 1 aromatic carbocycles. The van der Waals surface area contributed by atoms with Crippen molar-refractivity contribution in [3.63, 3.8) is 0 Å². The van der Waals surface area contributed by atoms with E-state index in [1.165, 1.54) is 6.07 Å². The highest BCUT2D eigenvalue weighted by Crippen LogP contribution is 2.41. The van der Waals surface area contributed by atoms with Gasteiger partial charge in [0, 0.05) is 10.0 Å². The first-order chi connectivity index (χ1) is 9.20. The third-order valence-corrected chi connectivity index (χ3v) is 5.25. The fourth-order valence-corrected chi connectivity index (χ4v) is 3.70. The second kappa shape index (κ2) is 5.76. The fourth-order valence-electron chi connectivity index (χ4n) is 3.29. The molecular formula is C17H25BrFN. The molecule has 1 aromatic rings. The summed E-state index contributed by atoms with van der Waals surface area (Å²) in [7, 11) is 0. The molecule has 1 aliphatic rings. The fraction of sp³-hybridized carbons (Fsp3) is 0.647. The summed E-state index contributed by atoms with van der Waals surface area (Å²) in [5.74, 6) is 0.586. The zero-order valence-corrected chi connectivity index (χ0v) is 14.3. The number of hydrogen-bond acceptors (Lipinski definition) is 1. The monoisotopic (exact) mass is 341 g/mol. The average Bonchev–Trinajstić information content (AvgIpc) is 2.33. The van der Waals surface area contributed by atoms with Gasteiger partial charge in [0.15, 0.2) is 0 Å². The van der Waals surface area contributed by atoms with Gasteiger partial charge < -0.3 is 5.73 Å². The van der Waals surface area contributed by atoms with Crippen LogP contribution in [0.1, 0.15) is 52.0 Å². The summed E-state index contributed by atoms with van der Waals surface area (Å²) in [4.78, 5) is 0. The molecule has 0 unspecified atom stereocenters. The van der Waals surface area contributed by atoms with Gasteiger partial charge in [-0.25, -0.2) is 4.39 Å². The van der Waals surface area contributed by atoms with Crippen LogP contribution < -0.4 is 5.73 Å². The molecule has 0 heterocycles. The summed E-state index contributed by atoms with van der Waals surface area (Å²) in [6.07, 6.45) is 4.90. The Morgan fingerprint density at radius 2 is 1.90 bits per heavy atom. The van der Waals surface area contributed by atoms with Crippen LogP contribution in [-0.2, 0) is 6.42 Å². The van der Waals surface area contributed by atoms with Gasteiger partial charge in [0.1, 0.15) is 5.82 Å². The molecule has 0 spiro atoms. The maximum absolute atomic E-state index is 13.9. The Hall–Kier alpha value is -0.410. The molecule has 2 rings (SSSR count). The number of nitrogens with two attached hydrogens (primary N) is 1. The predicted octanol–water partition coefficient (Wildman–Crippen LogP) is 5.06. The predicted molar refractivity (Wildman–Crippen MR) is 86.1 cm³/mol. The van der Waals surface area contributed by atoms with Crippen LogP contribution in [0.25, 0.3) is 0 Å². The Labute approximate surface area is 130 Å². The average molecular weight is 342 g/mol. The van der Waals surface area contributed by atoms with Crippen molar-refractivity contribution in [2.45, 2.75) is 58.4 Å². The van der Waals surface area contributed by atoms with Crippen molar-refractivity contribution in [2.75, 3.05) is 0 Å². The summed E-state index contributed by atoms with van der Waals surface area (Å²) >= 11 is 3.41. The van der Waals surface area contributed by atoms with Crippen LogP contribution in [0.2, 0.25) is 0 Å². The molecule has 0 atom stereocenters. The van der Waals surface area contributed by atoms with Crippen molar-refractivity contribution >= 4 is 15.9 Å². The highest BCUT2D eigenvalue weighted by Gasteiger charge is 2.36. The molecule has 1 aliphatic carbocycles. The van der Waals surface area contributed by atoms with Gasteiger partial charge in [-0.15, -0.1) is 0 Å². The third kappa shape index (κ3) is 3.82. The van der Waals surface area contributed by atoms with E-state index in [2.05, 4.69) is 36.7 Å². The summed E-state index contributed by atoms with van der Waals surface area (Å²) in [5.41, 5.74) is 7.37. The van der Waals surface area contributed by atoms with Crippen LogP contribution in [0.5, 0.6) is 0 Å². The van der Waals surface area contributed by atoms with E-state index in [4.69, 9.17) is 5.73 Å². The van der Waals surface area contributed by atoms with E-state index in [0.29, 0.717) is 11.8 Å². The van der Waals surface area contributed by atoms with Gasteiger partial charge in [0.25, 0.3) is 0 Å². The molecule has 0 amide bonds. The lowest BCUT2D eigenvalue weighted by atomic mass is 9.66. The number of hydrogen-bond donors (Lipinski definition) is 1. The molecule has 3 heteroatoms. The lowest BCUT2D eigenvalue weighted by Gasteiger charge is -2.42. The number of benzene rings is 1. The van der Waals surface area contributed by atoms with Crippen molar-refractivity contribution in [2.24, 2.45) is 17.1 Å². The Kier molecular flexibility index (Phi) is 4.60. The largest absolute Gasteiger partial charge is 0.325 e. The molecular weight excluding hydrogens is 317 g/mol. The van der Waals surface area contributed by atoms with Crippen molar-refractivity contribution in [1.29, 1.82) is 0 Å². The second-order valence-electron chi connectivity index (χ2n) is 7.42. The van der Waals surface area contributed by atoms with Gasteiger partial charge in [0.05, 0.1) is 0 Å². The van der Waals surface area contributed by atoms with Crippen molar-refractivity contribution in [1.82, 2.24) is 0 Å². The van der Waals surface area contributed by atoms with Crippen LogP contribution in [0.3, 0.4) is 0 Å². The molecule has 1 nitrogen and oxygen atoms in total. The van der Waals surface area contributed by atoms with Crippen LogP contribution in [0, 0.1) is 17.2 Å². The molecule has 0 bridgehead atoms. The maximum atomic E-state index is 13.9. The molecule has 0 radical (unpaired) electrons. The molecule has 0 aliphatic heterocycles. The van der Waals surface area contributed by atoms with Crippen LogP contribution in [0.4, 0.5) is 4.39 Å². The normalized spacial score (nSPS) is 27.6. The van der Waals surface area contributed by atoms with Gasteiger partial charge in [-0.2, -0.15) is 0 Å². The number of rotatable bonds is 2. The number of halogens is 2. The van der Waals surface area contributed by atoms with E-state index < -0.39 is 0 Å². The van der Waals surface area contributed by atoms with Gasteiger partial charge in [0.2, 0.25) is 0 Å². The molecule has 112 valence electrons. The van der Waals surface area contributed by atoms with E-state index in [1.807, 2.05) is 6.07 Å². The second-order valence-corrected chi connectivity index (χ2v) is 8.33. The topological polar surface area (TPSA) is 26.0 Å². The molecule has 2 N–H and O–H groups in total. The highest BCUT2D eigenvalue weighted by molar-refractivity contribution is 9.10. The summed E-state index contributed by atoms with van der Waals surface area (Å²) in [6.45, 7) is 6.90. The molecule has 1 fully saturated rings. The van der Waals surface area contributed by atoms with Gasteiger partial charge in [-0.05, 0) is 67.2 Å². The van der Waals surface area contributed by atoms with E-state index >= 15 is 0 Å². The summed E-state index contributed by atoms with van der Waals surface area (Å²) < 4.78 is 14.8. The van der Waals surface area contributed by atoms with E-state index in [9.17, 15) is 4.39 Å². The quantitative estimate of drug-likeness (QED) is 0.798. The lowest BCUT2D eigenvalue weighted by molar-refractivity contribution is 0.133. The zero-order valence-electron chi connectivity index (χ0n) is 12.7. The Morgan fingerprint density at radius 3 is 2.45 bits per heavy atom. The van der Waals surface area contributed by atoms with Gasteiger partial charge in [-0.1, -0.05) is 36.7 Å². The molecule has 0 saturated heterocycles. The minimum absolute atomic E-state index is 0.143. The zero-order chi connectivity index (χ0) is 15.0. The summed E-state index contributed by atoms with van der Waals surface area (Å²) in [6, 6.07) is 5.11. The Bertz CT molecular complexity index is 470. The first-order valence-corrected chi connectivity index (χ1v) is 8.22. The third-order valence-electron chi connectivity index (χ3n) is 4.76. The lowest BCUT2D eigenvalue weighted by Crippen LogP contribution is -2.46. The van der Waals surface area contributed by atoms with Crippen LogP contribution in [0.15, 0.2) is 22.7 Å². The Balaban J connectivity index is 2.05. The summed E-state index contributed by atoms with van der Waals surface area (Å²) in [5, 5.41) is 0. The van der Waals surface area contributed by atoms with Crippen LogP contribution >= 0.6 is 15.9 Å². The van der Waals surface area contributed by atoms with Crippen molar-refractivity contribution in [3.05, 3.63) is 34.1 Å². The van der Waals surface area contributed by atoms with E-state index in [-0.39, 0.29) is 11.4 Å². The van der Waals surface area contributed by atoms with Crippen molar-refractivity contribution in [3.8, 4) is 0 Å². The molecule has 0 aromatic heterocycles. The van der Waals surface area contributed by atoms with Crippen LogP contribution in [-0.4, -0.2) is 5.54 Å². The first kappa shape index (κ1) is 16.0. The van der Waals surface area contributed by atoms with E-state index in [0.717, 1.165) is 41.6 Å². The van der Waals surface area contributed by atoms with Crippen molar-refractivity contribution < 1.29 is 4.39 Å². The standard InChI is InChI=1S/C17H25BrFN/c1-16(2,3)13-6-8-17(20,9-7-13)11-12-10-14(18)4-5-15(12)19/h4-5,10,13H,6-9,11,20H2,1-3H3. The maximum Gasteiger partial charge on any atom is 0.126 e. The smallest absolute Gasteiger partial charge is 0.126 e. The minimum atomic E-state index is -0.247. The first-order valence-electron chi connectivity index (χ1n) is 7.42. The molecule has 20 heavy (non-hydrogen) atoms. The molecule has 1 saturated carbocycles. The highest BCUT2D eigenvalue weighted by atomic mass is 79.9. The van der Waals surface area contributed by atoms with Gasteiger partial charge in [-0.3, -0.25) is 0 Å². The minimum Gasteiger partial charge on any atom is -0.325 e. The Morgan fingerprint density at radius 1 is 1.30 bits per heavy atom.